The number of hydrogen-bond donors (Lipinski definition) is 2. The first-order valence-electron chi connectivity index (χ1n) is 7.40. The normalized spacial score (nSPS) is 10.1. The van der Waals surface area contributed by atoms with Crippen LogP contribution in [0.25, 0.3) is 0 Å². The molecule has 0 aliphatic rings. The number of carbonyl (C=O) groups excluding carboxylic acids is 1. The lowest BCUT2D eigenvalue weighted by atomic mass is 10.1. The summed E-state index contributed by atoms with van der Waals surface area (Å²) < 4.78 is 5.52. The molecule has 0 fully saturated rings. The van der Waals surface area contributed by atoms with Gasteiger partial charge in [0.2, 0.25) is 5.91 Å². The zero-order chi connectivity index (χ0) is 15.8. The maximum absolute atomic E-state index is 11.8. The zero-order valence-corrected chi connectivity index (χ0v) is 13.1. The van der Waals surface area contributed by atoms with Crippen LogP contribution in [0.15, 0.2) is 48.5 Å². The van der Waals surface area contributed by atoms with Crippen molar-refractivity contribution in [1.29, 1.82) is 0 Å². The van der Waals surface area contributed by atoms with Crippen LogP contribution in [-0.4, -0.2) is 25.6 Å². The number of amides is 1. The first kappa shape index (κ1) is 15.9. The Kier molecular flexibility index (Phi) is 5.83. The molecule has 0 saturated heterocycles. The first-order valence-corrected chi connectivity index (χ1v) is 7.40. The molecule has 0 bridgehead atoms. The van der Waals surface area contributed by atoms with Gasteiger partial charge < -0.3 is 15.4 Å². The summed E-state index contributed by atoms with van der Waals surface area (Å²) in [6, 6.07) is 15.7. The van der Waals surface area contributed by atoms with E-state index in [4.69, 9.17) is 4.74 Å². The number of rotatable bonds is 7. The van der Waals surface area contributed by atoms with Crippen molar-refractivity contribution >= 4 is 11.6 Å². The van der Waals surface area contributed by atoms with E-state index in [0.29, 0.717) is 13.2 Å². The monoisotopic (exact) mass is 298 g/mol. The number of benzene rings is 2. The predicted octanol–water partition coefficient (Wildman–Crippen LogP) is 2.91. The van der Waals surface area contributed by atoms with Crippen LogP contribution in [0.2, 0.25) is 0 Å². The van der Waals surface area contributed by atoms with E-state index in [1.165, 1.54) is 11.1 Å². The molecule has 2 aromatic carbocycles. The topological polar surface area (TPSA) is 50.4 Å². The maximum atomic E-state index is 11.8. The Morgan fingerprint density at radius 3 is 2.41 bits per heavy atom. The molecule has 0 aliphatic carbocycles. The van der Waals surface area contributed by atoms with Crippen molar-refractivity contribution in [2.45, 2.75) is 13.8 Å². The Labute approximate surface area is 131 Å². The number of anilines is 1. The van der Waals surface area contributed by atoms with E-state index in [1.54, 1.807) is 0 Å². The summed E-state index contributed by atoms with van der Waals surface area (Å²) in [6.07, 6.45) is 0. The van der Waals surface area contributed by atoms with E-state index in [1.807, 2.05) is 56.3 Å². The van der Waals surface area contributed by atoms with Gasteiger partial charge in [0.15, 0.2) is 0 Å². The molecule has 0 radical (unpaired) electrons. The van der Waals surface area contributed by atoms with Crippen molar-refractivity contribution in [3.05, 3.63) is 59.7 Å². The van der Waals surface area contributed by atoms with E-state index in [0.717, 1.165) is 11.4 Å². The van der Waals surface area contributed by atoms with Crippen LogP contribution in [0.3, 0.4) is 0 Å². The zero-order valence-electron chi connectivity index (χ0n) is 13.1. The summed E-state index contributed by atoms with van der Waals surface area (Å²) in [7, 11) is 0. The number of nitrogens with one attached hydrogen (secondary N) is 2. The summed E-state index contributed by atoms with van der Waals surface area (Å²) in [4.78, 5) is 11.8. The molecule has 2 N–H and O–H groups in total. The van der Waals surface area contributed by atoms with E-state index >= 15 is 0 Å². The highest BCUT2D eigenvalue weighted by Gasteiger charge is 2.02. The molecule has 2 aromatic rings. The van der Waals surface area contributed by atoms with Crippen LogP contribution >= 0.6 is 0 Å². The van der Waals surface area contributed by atoms with Crippen LogP contribution in [0, 0.1) is 13.8 Å². The predicted molar refractivity (Wildman–Crippen MR) is 89.4 cm³/mol. The van der Waals surface area contributed by atoms with Crippen LogP contribution in [0.4, 0.5) is 5.69 Å². The van der Waals surface area contributed by atoms with E-state index < -0.39 is 0 Å². The second-order valence-electron chi connectivity index (χ2n) is 5.24. The fourth-order valence-electron chi connectivity index (χ4n) is 2.20. The summed E-state index contributed by atoms with van der Waals surface area (Å²) in [5, 5.41) is 5.96. The van der Waals surface area contributed by atoms with Crippen molar-refractivity contribution in [1.82, 2.24) is 5.32 Å². The van der Waals surface area contributed by atoms with Crippen molar-refractivity contribution in [3.63, 3.8) is 0 Å². The first-order chi connectivity index (χ1) is 10.6. The van der Waals surface area contributed by atoms with Crippen LogP contribution < -0.4 is 15.4 Å². The molecule has 0 aliphatic heterocycles. The molecule has 0 heterocycles. The Morgan fingerprint density at radius 1 is 1.05 bits per heavy atom. The molecule has 4 heteroatoms. The summed E-state index contributed by atoms with van der Waals surface area (Å²) in [6.45, 7) is 5.29. The number of hydrogen-bond acceptors (Lipinski definition) is 3. The fraction of sp³-hybridized carbons (Fsp3) is 0.278. The van der Waals surface area contributed by atoms with Gasteiger partial charge in [0.25, 0.3) is 0 Å². The molecule has 0 aromatic heterocycles. The van der Waals surface area contributed by atoms with E-state index in [2.05, 4.69) is 16.7 Å². The van der Waals surface area contributed by atoms with Crippen LogP contribution in [0.1, 0.15) is 11.1 Å². The van der Waals surface area contributed by atoms with Gasteiger partial charge in [0, 0.05) is 5.69 Å². The summed E-state index contributed by atoms with van der Waals surface area (Å²) in [5.74, 6) is 0.765. The molecule has 0 spiro atoms. The lowest BCUT2D eigenvalue weighted by Gasteiger charge is -2.10. The highest BCUT2D eigenvalue weighted by molar-refractivity contribution is 5.80. The third-order valence-electron chi connectivity index (χ3n) is 3.11. The molecular weight excluding hydrogens is 276 g/mol. The van der Waals surface area contributed by atoms with Gasteiger partial charge in [0.05, 0.1) is 13.1 Å². The second kappa shape index (κ2) is 8.08. The van der Waals surface area contributed by atoms with Crippen LogP contribution in [-0.2, 0) is 4.79 Å². The third-order valence-corrected chi connectivity index (χ3v) is 3.11. The van der Waals surface area contributed by atoms with E-state index in [9.17, 15) is 4.79 Å². The largest absolute Gasteiger partial charge is 0.492 e. The molecular formula is C18H22N2O2. The lowest BCUT2D eigenvalue weighted by Crippen LogP contribution is -2.33. The number of ether oxygens (including phenoxy) is 1. The van der Waals surface area contributed by atoms with Crippen molar-refractivity contribution in [2.24, 2.45) is 0 Å². The van der Waals surface area contributed by atoms with Crippen molar-refractivity contribution in [2.75, 3.05) is 25.0 Å². The van der Waals surface area contributed by atoms with Gasteiger partial charge in [-0.2, -0.15) is 0 Å². The molecule has 0 saturated carbocycles. The average molecular weight is 298 g/mol. The summed E-state index contributed by atoms with van der Waals surface area (Å²) >= 11 is 0. The van der Waals surface area contributed by atoms with Gasteiger partial charge >= 0.3 is 0 Å². The fourth-order valence-corrected chi connectivity index (χ4v) is 2.20. The van der Waals surface area contributed by atoms with Crippen LogP contribution in [0.5, 0.6) is 5.75 Å². The Hall–Kier alpha value is -2.49. The minimum Gasteiger partial charge on any atom is -0.492 e. The molecule has 22 heavy (non-hydrogen) atoms. The number of para-hydroxylation sites is 1. The lowest BCUT2D eigenvalue weighted by molar-refractivity contribution is -0.119. The maximum Gasteiger partial charge on any atom is 0.239 e. The van der Waals surface area contributed by atoms with E-state index in [-0.39, 0.29) is 12.5 Å². The van der Waals surface area contributed by atoms with Gasteiger partial charge in [0.1, 0.15) is 12.4 Å². The highest BCUT2D eigenvalue weighted by atomic mass is 16.5. The van der Waals surface area contributed by atoms with Crippen molar-refractivity contribution < 1.29 is 9.53 Å². The molecule has 116 valence electrons. The smallest absolute Gasteiger partial charge is 0.239 e. The Morgan fingerprint density at radius 2 is 1.73 bits per heavy atom. The minimum atomic E-state index is -0.0455. The van der Waals surface area contributed by atoms with Gasteiger partial charge in [-0.1, -0.05) is 24.3 Å². The van der Waals surface area contributed by atoms with Gasteiger partial charge in [-0.05, 0) is 49.2 Å². The standard InChI is InChI=1S/C18H22N2O2/c1-14-10-15(2)12-16(11-14)20-13-18(21)19-8-9-22-17-6-4-3-5-7-17/h3-7,10-12,20H,8-9,13H2,1-2H3,(H,19,21). The van der Waals surface area contributed by atoms with Gasteiger partial charge in [-0.3, -0.25) is 4.79 Å². The number of carbonyl (C=O) groups is 1. The Balaban J connectivity index is 1.65. The molecule has 2 rings (SSSR count). The SMILES string of the molecule is Cc1cc(C)cc(NCC(=O)NCCOc2ccccc2)c1. The third kappa shape index (κ3) is 5.48. The van der Waals surface area contributed by atoms with Gasteiger partial charge in [-0.15, -0.1) is 0 Å². The summed E-state index contributed by atoms with van der Waals surface area (Å²) in [5.41, 5.74) is 3.33. The highest BCUT2D eigenvalue weighted by Crippen LogP contribution is 2.13. The quantitative estimate of drug-likeness (QED) is 0.773. The average Bonchev–Trinajstić information content (AvgIpc) is 2.50. The number of aryl methyl sites for hydroxylation is 2. The molecule has 4 nitrogen and oxygen atoms in total. The molecule has 0 unspecified atom stereocenters. The molecule has 0 atom stereocenters. The second-order valence-corrected chi connectivity index (χ2v) is 5.24. The minimum absolute atomic E-state index is 0.0455. The van der Waals surface area contributed by atoms with Gasteiger partial charge in [-0.25, -0.2) is 0 Å². The Bertz CT molecular complexity index is 591. The molecule has 1 amide bonds. The van der Waals surface area contributed by atoms with Crippen molar-refractivity contribution in [3.8, 4) is 5.75 Å².